The first-order chi connectivity index (χ1) is 15.1. The molecule has 0 radical (unpaired) electrons. The van der Waals surface area contributed by atoms with Crippen LogP contribution in [0.15, 0.2) is 29.1 Å². The van der Waals surface area contributed by atoms with Crippen LogP contribution in [-0.2, 0) is 4.74 Å². The third-order valence-corrected chi connectivity index (χ3v) is 5.88. The van der Waals surface area contributed by atoms with E-state index in [1.54, 1.807) is 31.2 Å². The van der Waals surface area contributed by atoms with Crippen LogP contribution in [0.4, 0.5) is 16.7 Å². The quantitative estimate of drug-likeness (QED) is 0.586. The average molecular weight is 457 g/mol. The normalized spacial score (nSPS) is 18.6. The molecule has 3 aromatic rings. The van der Waals surface area contributed by atoms with Gasteiger partial charge in [0.2, 0.25) is 11.9 Å². The van der Waals surface area contributed by atoms with Crippen LogP contribution in [0, 0.1) is 6.92 Å². The molecule has 4 rings (SSSR count). The van der Waals surface area contributed by atoms with E-state index in [0.717, 1.165) is 5.39 Å². The van der Waals surface area contributed by atoms with Gasteiger partial charge in [-0.25, -0.2) is 9.69 Å². The van der Waals surface area contributed by atoms with E-state index < -0.39 is 17.7 Å². The Morgan fingerprint density at radius 1 is 1.25 bits per heavy atom. The van der Waals surface area contributed by atoms with E-state index in [1.807, 2.05) is 27.7 Å². The topological polar surface area (TPSA) is 113 Å². The van der Waals surface area contributed by atoms with Crippen molar-refractivity contribution in [3.63, 3.8) is 0 Å². The van der Waals surface area contributed by atoms with Crippen LogP contribution in [0.2, 0.25) is 5.02 Å². The lowest BCUT2D eigenvalue weighted by Crippen LogP contribution is -2.42. The van der Waals surface area contributed by atoms with E-state index in [1.165, 1.54) is 4.90 Å². The zero-order valence-electron chi connectivity index (χ0n) is 18.6. The van der Waals surface area contributed by atoms with Crippen LogP contribution in [0.1, 0.15) is 51.5 Å². The first-order valence-electron chi connectivity index (χ1n) is 10.4. The Morgan fingerprint density at radius 2 is 2.00 bits per heavy atom. The number of carbonyl (C=O) groups excluding carboxylic acids is 1. The maximum Gasteiger partial charge on any atom is 0.417 e. The molecule has 1 aliphatic rings. The average Bonchev–Trinajstić information content (AvgIpc) is 2.94. The number of aromatic amines is 1. The van der Waals surface area contributed by atoms with Crippen LogP contribution < -0.4 is 15.8 Å². The summed E-state index contributed by atoms with van der Waals surface area (Å²) in [5.74, 6) is 0.919. The molecule has 1 amide bonds. The van der Waals surface area contributed by atoms with Crippen LogP contribution >= 0.6 is 11.6 Å². The molecule has 1 aromatic carbocycles. The van der Waals surface area contributed by atoms with Crippen LogP contribution in [0.25, 0.3) is 10.9 Å². The molecule has 1 aliphatic heterocycles. The molecule has 168 valence electrons. The third kappa shape index (κ3) is 4.00. The zero-order valence-corrected chi connectivity index (χ0v) is 19.3. The molecule has 2 aromatic heterocycles. The number of hydrogen-bond acceptors (Lipinski definition) is 7. The van der Waals surface area contributed by atoms with Crippen molar-refractivity contribution >= 4 is 40.5 Å². The van der Waals surface area contributed by atoms with Crippen molar-refractivity contribution in [2.24, 2.45) is 0 Å². The van der Waals surface area contributed by atoms with Gasteiger partial charge in [-0.05, 0) is 58.4 Å². The van der Waals surface area contributed by atoms with Crippen LogP contribution in [-0.4, -0.2) is 37.7 Å². The van der Waals surface area contributed by atoms with Crippen molar-refractivity contribution in [3.05, 3.63) is 51.0 Å². The highest BCUT2D eigenvalue weighted by molar-refractivity contribution is 6.31. The van der Waals surface area contributed by atoms with Crippen LogP contribution in [0.3, 0.4) is 0 Å². The molecule has 32 heavy (non-hydrogen) atoms. The molecule has 9 nitrogen and oxygen atoms in total. The number of hydrogen-bond donors (Lipinski definition) is 2. The predicted molar refractivity (Wildman–Crippen MR) is 123 cm³/mol. The summed E-state index contributed by atoms with van der Waals surface area (Å²) in [6, 6.07) is 6.45. The highest BCUT2D eigenvalue weighted by Gasteiger charge is 2.48. The second kappa shape index (κ2) is 8.05. The number of H-pyrrole nitrogens is 1. The minimum atomic E-state index is -0.660. The molecule has 0 unspecified atom stereocenters. The lowest BCUT2D eigenvalue weighted by molar-refractivity contribution is 0.0678. The van der Waals surface area contributed by atoms with Gasteiger partial charge in [-0.2, -0.15) is 15.0 Å². The van der Waals surface area contributed by atoms with E-state index in [9.17, 15) is 9.59 Å². The summed E-state index contributed by atoms with van der Waals surface area (Å²) in [6.45, 7) is 9.27. The smallest absolute Gasteiger partial charge is 0.417 e. The van der Waals surface area contributed by atoms with Gasteiger partial charge in [0, 0.05) is 21.5 Å². The monoisotopic (exact) mass is 456 g/mol. The molecule has 1 saturated heterocycles. The number of anilines is 2. The maximum absolute atomic E-state index is 12.6. The van der Waals surface area contributed by atoms with E-state index in [4.69, 9.17) is 16.3 Å². The van der Waals surface area contributed by atoms with Crippen molar-refractivity contribution in [1.82, 2.24) is 19.9 Å². The molecular formula is C22H25ClN6O3. The van der Waals surface area contributed by atoms with Gasteiger partial charge >= 0.3 is 6.09 Å². The fraction of sp³-hybridized carbons (Fsp3) is 0.409. The Kier molecular flexibility index (Phi) is 5.54. The van der Waals surface area contributed by atoms with Crippen molar-refractivity contribution in [3.8, 4) is 0 Å². The Labute approximate surface area is 190 Å². The molecule has 0 spiro atoms. The highest BCUT2D eigenvalue weighted by Crippen LogP contribution is 2.34. The van der Waals surface area contributed by atoms with Crippen molar-refractivity contribution in [2.75, 3.05) is 10.2 Å². The van der Waals surface area contributed by atoms with Gasteiger partial charge in [-0.15, -0.1) is 0 Å². The number of ether oxygens (including phenoxy) is 1. The second-order valence-electron chi connectivity index (χ2n) is 8.42. The zero-order chi connectivity index (χ0) is 23.2. The number of halogens is 1. The van der Waals surface area contributed by atoms with Crippen molar-refractivity contribution in [1.29, 1.82) is 0 Å². The largest absolute Gasteiger partial charge is 0.441 e. The number of amides is 1. The summed E-state index contributed by atoms with van der Waals surface area (Å²) in [7, 11) is 0. The Bertz CT molecular complexity index is 1260. The second-order valence-corrected chi connectivity index (χ2v) is 8.86. The van der Waals surface area contributed by atoms with Crippen LogP contribution in [0.5, 0.6) is 0 Å². The van der Waals surface area contributed by atoms with Gasteiger partial charge in [0.25, 0.3) is 5.56 Å². The minimum absolute atomic E-state index is 0.213. The summed E-state index contributed by atoms with van der Waals surface area (Å²) < 4.78 is 5.53. The first-order valence-corrected chi connectivity index (χ1v) is 10.8. The summed E-state index contributed by atoms with van der Waals surface area (Å²) in [6.07, 6.45) is 0.187. The fourth-order valence-corrected chi connectivity index (χ4v) is 4.28. The number of aryl methyl sites for hydroxylation is 1. The number of fused-ring (bicyclic) bond motifs is 1. The number of pyridine rings is 1. The standard InChI is InChI=1S/C22H25ClN6O3/c1-6-17-22(4,5)32-21(31)29(17)20-26-12(3)25-19(28-20)24-11(2)15-10-13-9-14(23)7-8-16(13)27-18(15)30/h7-11,17H,6H2,1-5H3,(H,27,30)(H,24,25,26,28)/t11-,17-/m0/s1. The Morgan fingerprint density at radius 3 is 2.72 bits per heavy atom. The molecule has 2 atom stereocenters. The number of rotatable bonds is 5. The third-order valence-electron chi connectivity index (χ3n) is 5.65. The first kappa shape index (κ1) is 22.0. The van der Waals surface area contributed by atoms with Crippen molar-refractivity contribution in [2.45, 2.75) is 58.7 Å². The van der Waals surface area contributed by atoms with E-state index in [-0.39, 0.29) is 23.5 Å². The van der Waals surface area contributed by atoms with E-state index in [0.29, 0.717) is 28.3 Å². The lowest BCUT2D eigenvalue weighted by atomic mass is 9.97. The number of carbonyl (C=O) groups is 1. The Balaban J connectivity index is 1.67. The van der Waals surface area contributed by atoms with E-state index >= 15 is 0 Å². The number of cyclic esters (lactones) is 1. The fourth-order valence-electron chi connectivity index (χ4n) is 4.10. The molecule has 1 fully saturated rings. The summed E-state index contributed by atoms with van der Waals surface area (Å²) in [5, 5.41) is 4.56. The van der Waals surface area contributed by atoms with Crippen molar-refractivity contribution < 1.29 is 9.53 Å². The van der Waals surface area contributed by atoms with Gasteiger partial charge in [-0.1, -0.05) is 18.5 Å². The maximum atomic E-state index is 12.6. The van der Waals surface area contributed by atoms with Gasteiger partial charge in [-0.3, -0.25) is 4.79 Å². The Hall–Kier alpha value is -3.20. The number of benzene rings is 1. The predicted octanol–water partition coefficient (Wildman–Crippen LogP) is 4.36. The summed E-state index contributed by atoms with van der Waals surface area (Å²) >= 11 is 6.10. The molecule has 10 heteroatoms. The van der Waals surface area contributed by atoms with Gasteiger partial charge in [0.1, 0.15) is 11.4 Å². The van der Waals surface area contributed by atoms with E-state index in [2.05, 4.69) is 25.3 Å². The lowest BCUT2D eigenvalue weighted by Gasteiger charge is -2.26. The molecule has 2 N–H and O–H groups in total. The molecule has 3 heterocycles. The SMILES string of the molecule is CC[C@@H]1N(c2nc(C)nc(N[C@@H](C)c3cc4cc(Cl)ccc4[nH]c3=O)n2)C(=O)OC1(C)C. The minimum Gasteiger partial charge on any atom is -0.441 e. The van der Waals surface area contributed by atoms with Gasteiger partial charge < -0.3 is 15.0 Å². The number of nitrogens with zero attached hydrogens (tertiary/aromatic N) is 4. The highest BCUT2D eigenvalue weighted by atomic mass is 35.5. The number of aromatic nitrogens is 4. The number of nitrogens with one attached hydrogen (secondary N) is 2. The molecule has 0 saturated carbocycles. The molecule has 0 aliphatic carbocycles. The molecular weight excluding hydrogens is 432 g/mol. The van der Waals surface area contributed by atoms with Gasteiger partial charge in [0.15, 0.2) is 0 Å². The molecule has 0 bridgehead atoms. The summed E-state index contributed by atoms with van der Waals surface area (Å²) in [4.78, 5) is 42.7. The summed E-state index contributed by atoms with van der Waals surface area (Å²) in [5.41, 5.74) is 0.330. The van der Waals surface area contributed by atoms with Gasteiger partial charge in [0.05, 0.1) is 12.1 Å².